The number of aromatic nitrogens is 2. The molecule has 0 radical (unpaired) electrons. The summed E-state index contributed by atoms with van der Waals surface area (Å²) in [4.78, 5) is 0. The molecule has 4 heteroatoms. The zero-order valence-corrected chi connectivity index (χ0v) is 11.5. The van der Waals surface area contributed by atoms with Gasteiger partial charge in [-0.15, -0.1) is 0 Å². The maximum Gasteiger partial charge on any atom is 0.0821 e. The number of hydrogen-bond donors (Lipinski definition) is 1. The van der Waals surface area contributed by atoms with E-state index in [1.54, 1.807) is 6.20 Å². The molecular weight excluding hydrogens is 234 g/mol. The SMILES string of the molecule is CCNC1CCCCC1c1c(Cl)cnn1CC. The van der Waals surface area contributed by atoms with E-state index >= 15 is 0 Å². The van der Waals surface area contributed by atoms with Crippen LogP contribution in [0.15, 0.2) is 6.20 Å². The highest BCUT2D eigenvalue weighted by atomic mass is 35.5. The van der Waals surface area contributed by atoms with Crippen molar-refractivity contribution in [3.05, 3.63) is 16.9 Å². The van der Waals surface area contributed by atoms with Crippen LogP contribution in [0.25, 0.3) is 0 Å². The highest BCUT2D eigenvalue weighted by molar-refractivity contribution is 6.31. The van der Waals surface area contributed by atoms with Crippen LogP contribution >= 0.6 is 11.6 Å². The number of nitrogens with one attached hydrogen (secondary N) is 1. The van der Waals surface area contributed by atoms with E-state index in [1.165, 1.54) is 31.4 Å². The van der Waals surface area contributed by atoms with Gasteiger partial charge in [0.1, 0.15) is 0 Å². The Bertz CT molecular complexity index is 360. The van der Waals surface area contributed by atoms with E-state index in [4.69, 9.17) is 11.6 Å². The lowest BCUT2D eigenvalue weighted by Gasteiger charge is -2.32. The van der Waals surface area contributed by atoms with Gasteiger partial charge in [0.25, 0.3) is 0 Å². The molecule has 1 heterocycles. The van der Waals surface area contributed by atoms with Crippen molar-refractivity contribution in [1.29, 1.82) is 0 Å². The van der Waals surface area contributed by atoms with Gasteiger partial charge in [0.15, 0.2) is 0 Å². The third-order valence-electron chi connectivity index (χ3n) is 3.72. The molecule has 1 N–H and O–H groups in total. The summed E-state index contributed by atoms with van der Waals surface area (Å²) in [5, 5.41) is 8.80. The summed E-state index contributed by atoms with van der Waals surface area (Å²) in [6.07, 6.45) is 6.90. The van der Waals surface area contributed by atoms with E-state index in [1.807, 2.05) is 0 Å². The fourth-order valence-corrected chi connectivity index (χ4v) is 3.24. The fourth-order valence-electron chi connectivity index (χ4n) is 2.96. The summed E-state index contributed by atoms with van der Waals surface area (Å²) in [5.41, 5.74) is 1.24. The Kier molecular flexibility index (Phi) is 4.46. The van der Waals surface area contributed by atoms with Gasteiger partial charge in [0.05, 0.1) is 16.9 Å². The van der Waals surface area contributed by atoms with Crippen LogP contribution in [0.1, 0.15) is 51.1 Å². The van der Waals surface area contributed by atoms with Gasteiger partial charge in [-0.3, -0.25) is 4.68 Å². The van der Waals surface area contributed by atoms with Crippen molar-refractivity contribution in [3.8, 4) is 0 Å². The first kappa shape index (κ1) is 12.9. The molecule has 0 aromatic carbocycles. The van der Waals surface area contributed by atoms with E-state index in [-0.39, 0.29) is 0 Å². The molecule has 1 aromatic heterocycles. The quantitative estimate of drug-likeness (QED) is 0.896. The van der Waals surface area contributed by atoms with Crippen molar-refractivity contribution < 1.29 is 0 Å². The van der Waals surface area contributed by atoms with Crippen LogP contribution in [-0.4, -0.2) is 22.4 Å². The number of rotatable bonds is 4. The second kappa shape index (κ2) is 5.87. The third-order valence-corrected chi connectivity index (χ3v) is 4.01. The molecule has 2 rings (SSSR count). The Labute approximate surface area is 109 Å². The second-order valence-electron chi connectivity index (χ2n) is 4.75. The van der Waals surface area contributed by atoms with Gasteiger partial charge in [-0.25, -0.2) is 0 Å². The van der Waals surface area contributed by atoms with E-state index < -0.39 is 0 Å². The Morgan fingerprint density at radius 1 is 1.41 bits per heavy atom. The minimum atomic E-state index is 0.527. The summed E-state index contributed by atoms with van der Waals surface area (Å²) in [5.74, 6) is 0.527. The van der Waals surface area contributed by atoms with Gasteiger partial charge >= 0.3 is 0 Å². The van der Waals surface area contributed by atoms with Crippen LogP contribution in [0.3, 0.4) is 0 Å². The summed E-state index contributed by atoms with van der Waals surface area (Å²) >= 11 is 6.31. The van der Waals surface area contributed by atoms with Crippen molar-refractivity contribution in [2.45, 2.75) is 58.0 Å². The Balaban J connectivity index is 2.25. The largest absolute Gasteiger partial charge is 0.314 e. The van der Waals surface area contributed by atoms with Gasteiger partial charge in [-0.1, -0.05) is 31.4 Å². The molecule has 0 aliphatic heterocycles. The first-order valence-corrected chi connectivity index (χ1v) is 7.10. The van der Waals surface area contributed by atoms with Gasteiger partial charge in [0.2, 0.25) is 0 Å². The molecule has 2 atom stereocenters. The van der Waals surface area contributed by atoms with Gasteiger partial charge in [-0.2, -0.15) is 5.10 Å². The minimum Gasteiger partial charge on any atom is -0.314 e. The predicted octanol–water partition coefficient (Wildman–Crippen LogP) is 3.19. The molecule has 0 spiro atoms. The molecule has 17 heavy (non-hydrogen) atoms. The number of halogens is 1. The van der Waals surface area contributed by atoms with Crippen molar-refractivity contribution >= 4 is 11.6 Å². The molecule has 96 valence electrons. The molecule has 0 bridgehead atoms. The molecule has 2 unspecified atom stereocenters. The Morgan fingerprint density at radius 2 is 2.18 bits per heavy atom. The first-order chi connectivity index (χ1) is 8.27. The van der Waals surface area contributed by atoms with Gasteiger partial charge < -0.3 is 5.32 Å². The molecular formula is C13H22ClN3. The normalized spacial score (nSPS) is 25.1. The molecule has 1 aromatic rings. The van der Waals surface area contributed by atoms with Crippen molar-refractivity contribution in [1.82, 2.24) is 15.1 Å². The van der Waals surface area contributed by atoms with Crippen LogP contribution in [0.5, 0.6) is 0 Å². The van der Waals surface area contributed by atoms with Crippen molar-refractivity contribution in [2.75, 3.05) is 6.54 Å². The standard InChI is InChI=1S/C13H22ClN3/c1-3-15-12-8-6-5-7-10(12)13-11(14)9-16-17(13)4-2/h9-10,12,15H,3-8H2,1-2H3. The summed E-state index contributed by atoms with van der Waals surface area (Å²) in [7, 11) is 0. The van der Waals surface area contributed by atoms with E-state index in [9.17, 15) is 0 Å². The molecule has 3 nitrogen and oxygen atoms in total. The number of nitrogens with zero attached hydrogens (tertiary/aromatic N) is 2. The summed E-state index contributed by atoms with van der Waals surface area (Å²) in [6.45, 7) is 6.22. The molecule has 0 amide bonds. The zero-order chi connectivity index (χ0) is 12.3. The van der Waals surface area contributed by atoms with Crippen LogP contribution in [0.4, 0.5) is 0 Å². The van der Waals surface area contributed by atoms with Gasteiger partial charge in [-0.05, 0) is 26.3 Å². The van der Waals surface area contributed by atoms with Crippen molar-refractivity contribution in [3.63, 3.8) is 0 Å². The van der Waals surface area contributed by atoms with Crippen LogP contribution in [-0.2, 0) is 6.54 Å². The Morgan fingerprint density at radius 3 is 2.88 bits per heavy atom. The topological polar surface area (TPSA) is 29.9 Å². The lowest BCUT2D eigenvalue weighted by Crippen LogP contribution is -2.38. The summed E-state index contributed by atoms with van der Waals surface area (Å²) in [6, 6.07) is 0.563. The Hall–Kier alpha value is -0.540. The number of likely N-dealkylation sites (N-methyl/N-ethyl adjacent to an activating group) is 1. The second-order valence-corrected chi connectivity index (χ2v) is 5.16. The average Bonchev–Trinajstić information content (AvgIpc) is 2.72. The molecule has 1 aliphatic rings. The lowest BCUT2D eigenvalue weighted by atomic mass is 9.82. The maximum absolute atomic E-state index is 6.31. The fraction of sp³-hybridized carbons (Fsp3) is 0.769. The first-order valence-electron chi connectivity index (χ1n) is 6.72. The third kappa shape index (κ3) is 2.66. The monoisotopic (exact) mass is 255 g/mol. The molecule has 1 aliphatic carbocycles. The zero-order valence-electron chi connectivity index (χ0n) is 10.7. The molecule has 1 saturated carbocycles. The van der Waals surface area contributed by atoms with Gasteiger partial charge in [0, 0.05) is 18.5 Å². The van der Waals surface area contributed by atoms with Crippen LogP contribution in [0.2, 0.25) is 5.02 Å². The number of hydrogen-bond acceptors (Lipinski definition) is 2. The minimum absolute atomic E-state index is 0.527. The highest BCUT2D eigenvalue weighted by Gasteiger charge is 2.30. The predicted molar refractivity (Wildman–Crippen MR) is 71.6 cm³/mol. The highest BCUT2D eigenvalue weighted by Crippen LogP contribution is 2.36. The molecule has 0 saturated heterocycles. The smallest absolute Gasteiger partial charge is 0.0821 e. The molecule has 1 fully saturated rings. The maximum atomic E-state index is 6.31. The van der Waals surface area contributed by atoms with E-state index in [2.05, 4.69) is 28.9 Å². The lowest BCUT2D eigenvalue weighted by molar-refractivity contribution is 0.319. The number of aryl methyl sites for hydroxylation is 1. The van der Waals surface area contributed by atoms with E-state index in [0.717, 1.165) is 18.1 Å². The van der Waals surface area contributed by atoms with Crippen LogP contribution < -0.4 is 5.32 Å². The van der Waals surface area contributed by atoms with Crippen molar-refractivity contribution in [2.24, 2.45) is 0 Å². The van der Waals surface area contributed by atoms with E-state index in [0.29, 0.717) is 12.0 Å². The average molecular weight is 256 g/mol. The van der Waals surface area contributed by atoms with Crippen LogP contribution in [0, 0.1) is 0 Å². The summed E-state index contributed by atoms with van der Waals surface area (Å²) < 4.78 is 2.06.